The predicted octanol–water partition coefficient (Wildman–Crippen LogP) is 3.18. The molecular formula is C16H19FN4OS. The van der Waals surface area contributed by atoms with Crippen molar-refractivity contribution in [2.75, 3.05) is 11.1 Å². The molecule has 1 N–H and O–H groups in total. The maximum absolute atomic E-state index is 13.3. The summed E-state index contributed by atoms with van der Waals surface area (Å²) in [5.41, 5.74) is 1.34. The lowest BCUT2D eigenvalue weighted by Crippen LogP contribution is -2.15. The second-order valence-corrected chi connectivity index (χ2v) is 6.60. The van der Waals surface area contributed by atoms with Gasteiger partial charge in [-0.3, -0.25) is 4.79 Å². The van der Waals surface area contributed by atoms with Gasteiger partial charge in [0.15, 0.2) is 5.16 Å². The van der Waals surface area contributed by atoms with Crippen LogP contribution >= 0.6 is 11.8 Å². The summed E-state index contributed by atoms with van der Waals surface area (Å²) in [6.45, 7) is 2.75. The number of anilines is 1. The SMILES string of the molecule is Cc1ccc(F)cc1NC(=O)CSc1nnc2n1CCCCC2. The van der Waals surface area contributed by atoms with Gasteiger partial charge >= 0.3 is 0 Å². The minimum absolute atomic E-state index is 0.172. The van der Waals surface area contributed by atoms with Gasteiger partial charge in [0.2, 0.25) is 5.91 Å². The number of halogens is 1. The molecule has 7 heteroatoms. The molecule has 5 nitrogen and oxygen atoms in total. The highest BCUT2D eigenvalue weighted by Gasteiger charge is 2.16. The van der Waals surface area contributed by atoms with Crippen molar-refractivity contribution in [3.8, 4) is 0 Å². The Balaban J connectivity index is 1.61. The van der Waals surface area contributed by atoms with Crippen LogP contribution in [-0.2, 0) is 17.8 Å². The minimum Gasteiger partial charge on any atom is -0.325 e. The fourth-order valence-corrected chi connectivity index (χ4v) is 3.39. The Morgan fingerprint density at radius 2 is 2.22 bits per heavy atom. The van der Waals surface area contributed by atoms with Gasteiger partial charge < -0.3 is 9.88 Å². The van der Waals surface area contributed by atoms with E-state index in [1.165, 1.54) is 30.3 Å². The Morgan fingerprint density at radius 3 is 3.09 bits per heavy atom. The molecule has 0 unspecified atom stereocenters. The van der Waals surface area contributed by atoms with Gasteiger partial charge in [-0.15, -0.1) is 10.2 Å². The number of thioether (sulfide) groups is 1. The number of aryl methyl sites for hydroxylation is 2. The van der Waals surface area contributed by atoms with Crippen molar-refractivity contribution < 1.29 is 9.18 Å². The summed E-state index contributed by atoms with van der Waals surface area (Å²) in [5.74, 6) is 0.705. The van der Waals surface area contributed by atoms with Crippen LogP contribution in [0, 0.1) is 12.7 Å². The molecule has 122 valence electrons. The van der Waals surface area contributed by atoms with E-state index in [4.69, 9.17) is 0 Å². The molecular weight excluding hydrogens is 315 g/mol. The quantitative estimate of drug-likeness (QED) is 0.873. The molecule has 0 fully saturated rings. The summed E-state index contributed by atoms with van der Waals surface area (Å²) >= 11 is 1.37. The van der Waals surface area contributed by atoms with Crippen LogP contribution in [0.1, 0.15) is 30.7 Å². The number of hydrogen-bond acceptors (Lipinski definition) is 4. The van der Waals surface area contributed by atoms with E-state index in [9.17, 15) is 9.18 Å². The van der Waals surface area contributed by atoms with Gasteiger partial charge in [0.05, 0.1) is 5.75 Å². The maximum atomic E-state index is 13.3. The highest BCUT2D eigenvalue weighted by molar-refractivity contribution is 7.99. The van der Waals surface area contributed by atoms with Crippen molar-refractivity contribution in [3.05, 3.63) is 35.4 Å². The topological polar surface area (TPSA) is 59.8 Å². The van der Waals surface area contributed by atoms with Crippen molar-refractivity contribution in [3.63, 3.8) is 0 Å². The van der Waals surface area contributed by atoms with E-state index in [1.807, 2.05) is 6.92 Å². The molecule has 0 aliphatic carbocycles. The molecule has 1 amide bonds. The first-order chi connectivity index (χ1) is 11.1. The monoisotopic (exact) mass is 334 g/mol. The first-order valence-corrected chi connectivity index (χ1v) is 8.73. The van der Waals surface area contributed by atoms with Crippen LogP contribution in [0.15, 0.2) is 23.4 Å². The number of rotatable bonds is 4. The lowest BCUT2D eigenvalue weighted by molar-refractivity contribution is -0.113. The fraction of sp³-hybridized carbons (Fsp3) is 0.438. The van der Waals surface area contributed by atoms with Gasteiger partial charge in [-0.2, -0.15) is 0 Å². The normalized spacial score (nSPS) is 14.2. The molecule has 0 bridgehead atoms. The molecule has 1 aromatic carbocycles. The van der Waals surface area contributed by atoms with E-state index in [-0.39, 0.29) is 17.5 Å². The number of nitrogens with one attached hydrogen (secondary N) is 1. The Labute approximate surface area is 138 Å². The molecule has 2 aromatic rings. The number of hydrogen-bond donors (Lipinski definition) is 1. The van der Waals surface area contributed by atoms with E-state index in [1.54, 1.807) is 6.07 Å². The fourth-order valence-electron chi connectivity index (χ4n) is 2.61. The molecule has 0 atom stereocenters. The molecule has 3 rings (SSSR count). The molecule has 1 aliphatic rings. The van der Waals surface area contributed by atoms with Crippen molar-refractivity contribution in [1.29, 1.82) is 0 Å². The van der Waals surface area contributed by atoms with Gasteiger partial charge in [-0.05, 0) is 37.5 Å². The van der Waals surface area contributed by atoms with Crippen LogP contribution in [0.3, 0.4) is 0 Å². The highest BCUT2D eigenvalue weighted by Crippen LogP contribution is 2.22. The second-order valence-electron chi connectivity index (χ2n) is 5.66. The third-order valence-electron chi connectivity index (χ3n) is 3.88. The number of benzene rings is 1. The molecule has 0 radical (unpaired) electrons. The van der Waals surface area contributed by atoms with Crippen LogP contribution < -0.4 is 5.32 Å². The van der Waals surface area contributed by atoms with Gasteiger partial charge in [0, 0.05) is 18.7 Å². The largest absolute Gasteiger partial charge is 0.325 e. The van der Waals surface area contributed by atoms with E-state index >= 15 is 0 Å². The Bertz CT molecular complexity index is 716. The Kier molecular flexibility index (Phi) is 4.95. The van der Waals surface area contributed by atoms with Crippen LogP contribution in [0.2, 0.25) is 0 Å². The van der Waals surface area contributed by atoms with E-state index in [2.05, 4.69) is 20.1 Å². The summed E-state index contributed by atoms with van der Waals surface area (Å²) in [4.78, 5) is 12.1. The zero-order valence-electron chi connectivity index (χ0n) is 13.0. The number of carbonyl (C=O) groups excluding carboxylic acids is 1. The molecule has 1 aromatic heterocycles. The Hall–Kier alpha value is -1.89. The molecule has 1 aliphatic heterocycles. The van der Waals surface area contributed by atoms with Crippen LogP contribution in [0.25, 0.3) is 0 Å². The van der Waals surface area contributed by atoms with E-state index in [0.29, 0.717) is 5.69 Å². The van der Waals surface area contributed by atoms with Gasteiger partial charge in [-0.1, -0.05) is 24.2 Å². The van der Waals surface area contributed by atoms with Crippen molar-refractivity contribution in [2.24, 2.45) is 0 Å². The van der Waals surface area contributed by atoms with E-state index < -0.39 is 0 Å². The molecule has 2 heterocycles. The number of fused-ring (bicyclic) bond motifs is 1. The van der Waals surface area contributed by atoms with Crippen LogP contribution in [-0.4, -0.2) is 26.4 Å². The van der Waals surface area contributed by atoms with Crippen molar-refractivity contribution in [1.82, 2.24) is 14.8 Å². The maximum Gasteiger partial charge on any atom is 0.234 e. The van der Waals surface area contributed by atoms with Crippen LogP contribution in [0.5, 0.6) is 0 Å². The summed E-state index contributed by atoms with van der Waals surface area (Å²) in [6.07, 6.45) is 4.41. The zero-order chi connectivity index (χ0) is 16.2. The van der Waals surface area contributed by atoms with Gasteiger partial charge in [0.25, 0.3) is 0 Å². The average molecular weight is 334 g/mol. The lowest BCUT2D eigenvalue weighted by Gasteiger charge is -2.09. The van der Waals surface area contributed by atoms with E-state index in [0.717, 1.165) is 42.4 Å². The van der Waals surface area contributed by atoms with Gasteiger partial charge in [-0.25, -0.2) is 4.39 Å². The average Bonchev–Trinajstić information content (AvgIpc) is 2.76. The first kappa shape index (κ1) is 16.0. The lowest BCUT2D eigenvalue weighted by atomic mass is 10.2. The summed E-state index contributed by atoms with van der Waals surface area (Å²) in [7, 11) is 0. The number of aromatic nitrogens is 3. The standard InChI is InChI=1S/C16H19FN4OS/c1-11-6-7-12(17)9-13(11)18-15(22)10-23-16-20-19-14-5-3-2-4-8-21(14)16/h6-7,9H,2-5,8,10H2,1H3,(H,18,22). The number of nitrogens with zero attached hydrogens (tertiary/aromatic N) is 3. The van der Waals surface area contributed by atoms with Gasteiger partial charge in [0.1, 0.15) is 11.6 Å². The molecule has 0 spiro atoms. The third-order valence-corrected chi connectivity index (χ3v) is 4.85. The summed E-state index contributed by atoms with van der Waals surface area (Å²) in [5, 5.41) is 11.9. The molecule has 0 saturated carbocycles. The summed E-state index contributed by atoms with van der Waals surface area (Å²) < 4.78 is 15.4. The smallest absolute Gasteiger partial charge is 0.234 e. The molecule has 23 heavy (non-hydrogen) atoms. The molecule has 0 saturated heterocycles. The Morgan fingerprint density at radius 1 is 1.35 bits per heavy atom. The number of amides is 1. The second kappa shape index (κ2) is 7.12. The third kappa shape index (κ3) is 3.90. The minimum atomic E-state index is -0.360. The van der Waals surface area contributed by atoms with Crippen LogP contribution in [0.4, 0.5) is 10.1 Å². The van der Waals surface area contributed by atoms with Crippen molar-refractivity contribution in [2.45, 2.75) is 44.3 Å². The highest BCUT2D eigenvalue weighted by atomic mass is 32.2. The van der Waals surface area contributed by atoms with Crippen molar-refractivity contribution >= 4 is 23.4 Å². The zero-order valence-corrected chi connectivity index (χ0v) is 13.8. The first-order valence-electron chi connectivity index (χ1n) is 7.74. The summed E-state index contributed by atoms with van der Waals surface area (Å²) in [6, 6.07) is 4.36. The number of carbonyl (C=O) groups is 1. The predicted molar refractivity (Wildman–Crippen MR) is 88.1 cm³/mol.